The Morgan fingerprint density at radius 1 is 1.26 bits per heavy atom. The van der Waals surface area contributed by atoms with E-state index in [-0.39, 0.29) is 17.1 Å². The van der Waals surface area contributed by atoms with Gasteiger partial charge in [-0.2, -0.15) is 10.1 Å². The first kappa shape index (κ1) is 17.2. The Hall–Kier alpha value is -2.15. The van der Waals surface area contributed by atoms with Crippen LogP contribution in [0, 0.1) is 6.92 Å². The summed E-state index contributed by atoms with van der Waals surface area (Å²) in [5.41, 5.74) is 2.11. The summed E-state index contributed by atoms with van der Waals surface area (Å²) in [4.78, 5) is 26.9. The lowest BCUT2D eigenvalue weighted by atomic mass is 9.87. The van der Waals surface area contributed by atoms with Crippen LogP contribution in [0.25, 0.3) is 0 Å². The number of carbonyl (C=O) groups is 1. The van der Waals surface area contributed by atoms with Crippen molar-refractivity contribution in [3.63, 3.8) is 0 Å². The van der Waals surface area contributed by atoms with Crippen LogP contribution in [0.2, 0.25) is 0 Å². The molecule has 2 aromatic rings. The molecule has 0 unspecified atom stereocenters. The van der Waals surface area contributed by atoms with E-state index >= 15 is 0 Å². The van der Waals surface area contributed by atoms with Gasteiger partial charge in [0.2, 0.25) is 5.91 Å². The van der Waals surface area contributed by atoms with E-state index in [2.05, 4.69) is 41.3 Å². The summed E-state index contributed by atoms with van der Waals surface area (Å²) in [5, 5.41) is 9.37. The summed E-state index contributed by atoms with van der Waals surface area (Å²) in [7, 11) is 0. The molecule has 0 spiro atoms. The minimum atomic E-state index is -0.517. The van der Waals surface area contributed by atoms with Crippen molar-refractivity contribution in [3.05, 3.63) is 46.0 Å². The molecule has 122 valence electrons. The van der Waals surface area contributed by atoms with E-state index in [1.807, 2.05) is 24.3 Å². The molecule has 2 rings (SSSR count). The predicted molar refractivity (Wildman–Crippen MR) is 91.9 cm³/mol. The second kappa shape index (κ2) is 6.95. The molecule has 6 nitrogen and oxygen atoms in total. The predicted octanol–water partition coefficient (Wildman–Crippen LogP) is 2.50. The number of aromatic amines is 1. The highest BCUT2D eigenvalue weighted by Gasteiger charge is 2.13. The molecule has 0 saturated heterocycles. The fourth-order valence-electron chi connectivity index (χ4n) is 1.90. The number of anilines is 1. The Morgan fingerprint density at radius 2 is 1.91 bits per heavy atom. The van der Waals surface area contributed by atoms with Crippen molar-refractivity contribution >= 4 is 23.4 Å². The third-order valence-electron chi connectivity index (χ3n) is 3.21. The van der Waals surface area contributed by atoms with Crippen molar-refractivity contribution in [2.24, 2.45) is 0 Å². The molecule has 1 heterocycles. The van der Waals surface area contributed by atoms with Crippen LogP contribution >= 0.6 is 11.8 Å². The molecule has 0 bridgehead atoms. The fraction of sp³-hybridized carbons (Fsp3) is 0.375. The minimum Gasteiger partial charge on any atom is -0.325 e. The molecular formula is C16H20N4O2S. The van der Waals surface area contributed by atoms with Gasteiger partial charge in [0.1, 0.15) is 5.03 Å². The van der Waals surface area contributed by atoms with Crippen molar-refractivity contribution in [2.45, 2.75) is 38.1 Å². The third kappa shape index (κ3) is 4.92. The van der Waals surface area contributed by atoms with Crippen LogP contribution in [0.4, 0.5) is 5.69 Å². The van der Waals surface area contributed by atoms with Crippen molar-refractivity contribution in [1.82, 2.24) is 15.2 Å². The van der Waals surface area contributed by atoms with Crippen LogP contribution < -0.4 is 11.0 Å². The lowest BCUT2D eigenvalue weighted by Crippen LogP contribution is -2.17. The van der Waals surface area contributed by atoms with E-state index in [1.165, 1.54) is 17.3 Å². The summed E-state index contributed by atoms with van der Waals surface area (Å²) in [6.07, 6.45) is 0. The smallest absolute Gasteiger partial charge is 0.325 e. The second-order valence-corrected chi connectivity index (χ2v) is 7.16. The molecule has 0 atom stereocenters. The largest absolute Gasteiger partial charge is 0.362 e. The highest BCUT2D eigenvalue weighted by Crippen LogP contribution is 2.23. The fourth-order valence-corrected chi connectivity index (χ4v) is 2.64. The summed E-state index contributed by atoms with van der Waals surface area (Å²) in [5.74, 6) is 0.0139. The normalized spacial score (nSPS) is 11.3. The van der Waals surface area contributed by atoms with E-state index in [0.717, 1.165) is 5.69 Å². The van der Waals surface area contributed by atoms with Gasteiger partial charge in [0.05, 0.1) is 11.4 Å². The van der Waals surface area contributed by atoms with Gasteiger partial charge in [-0.15, -0.1) is 0 Å². The number of nitrogens with one attached hydrogen (secondary N) is 2. The van der Waals surface area contributed by atoms with Crippen molar-refractivity contribution in [2.75, 3.05) is 11.1 Å². The lowest BCUT2D eigenvalue weighted by molar-refractivity contribution is -0.113. The number of hydrogen-bond donors (Lipinski definition) is 2. The highest BCUT2D eigenvalue weighted by atomic mass is 32.2. The van der Waals surface area contributed by atoms with Gasteiger partial charge in [-0.25, -0.2) is 9.89 Å². The average Bonchev–Trinajstić information content (AvgIpc) is 2.48. The maximum Gasteiger partial charge on any atom is 0.362 e. The summed E-state index contributed by atoms with van der Waals surface area (Å²) < 4.78 is 0. The van der Waals surface area contributed by atoms with Crippen molar-refractivity contribution in [1.29, 1.82) is 0 Å². The maximum absolute atomic E-state index is 12.0. The molecule has 0 aliphatic carbocycles. The Labute approximate surface area is 139 Å². The zero-order valence-corrected chi connectivity index (χ0v) is 14.5. The van der Waals surface area contributed by atoms with Crippen LogP contribution in [0.15, 0.2) is 34.1 Å². The Morgan fingerprint density at radius 3 is 2.52 bits per heavy atom. The van der Waals surface area contributed by atoms with Crippen LogP contribution in [-0.4, -0.2) is 26.8 Å². The third-order valence-corrected chi connectivity index (χ3v) is 4.27. The molecule has 0 fully saturated rings. The van der Waals surface area contributed by atoms with Crippen LogP contribution in [0.1, 0.15) is 32.0 Å². The molecule has 1 aromatic carbocycles. The van der Waals surface area contributed by atoms with E-state index in [1.54, 1.807) is 6.92 Å². The van der Waals surface area contributed by atoms with Gasteiger partial charge < -0.3 is 5.32 Å². The Kier molecular flexibility index (Phi) is 5.20. The zero-order valence-electron chi connectivity index (χ0n) is 13.6. The number of aryl methyl sites for hydroxylation is 1. The van der Waals surface area contributed by atoms with E-state index < -0.39 is 5.69 Å². The standard InChI is InChI=1S/C16H20N4O2S/c1-10-14(18-15(22)20-19-10)23-9-13(21)17-12-7-5-11(6-8-12)16(2,3)4/h5-8H,9H2,1-4H3,(H,17,21)(H,18,20,22). The molecule has 0 saturated carbocycles. The molecule has 1 aromatic heterocycles. The summed E-state index contributed by atoms with van der Waals surface area (Å²) in [6, 6.07) is 7.80. The first-order chi connectivity index (χ1) is 10.8. The molecular weight excluding hydrogens is 312 g/mol. The average molecular weight is 332 g/mol. The van der Waals surface area contributed by atoms with Crippen LogP contribution in [0.3, 0.4) is 0 Å². The van der Waals surface area contributed by atoms with Gasteiger partial charge in [0.15, 0.2) is 0 Å². The number of nitrogens with zero attached hydrogens (tertiary/aromatic N) is 2. The van der Waals surface area contributed by atoms with Gasteiger partial charge in [0, 0.05) is 5.69 Å². The first-order valence-corrected chi connectivity index (χ1v) is 8.21. The second-order valence-electron chi connectivity index (χ2n) is 6.20. The molecule has 1 amide bonds. The van der Waals surface area contributed by atoms with Crippen LogP contribution in [0.5, 0.6) is 0 Å². The SMILES string of the molecule is Cc1n[nH]c(=O)nc1SCC(=O)Nc1ccc(C(C)(C)C)cc1. The number of hydrogen-bond acceptors (Lipinski definition) is 5. The Bertz CT molecular complexity index is 748. The Balaban J connectivity index is 1.94. The molecule has 0 aliphatic heterocycles. The van der Waals surface area contributed by atoms with Gasteiger partial charge in [0.25, 0.3) is 0 Å². The van der Waals surface area contributed by atoms with Crippen molar-refractivity contribution < 1.29 is 4.79 Å². The number of H-pyrrole nitrogens is 1. The maximum atomic E-state index is 12.0. The summed E-state index contributed by atoms with van der Waals surface area (Å²) in [6.45, 7) is 8.15. The molecule has 0 aliphatic rings. The van der Waals surface area contributed by atoms with Gasteiger partial charge in [-0.05, 0) is 30.0 Å². The molecule has 7 heteroatoms. The number of thioether (sulfide) groups is 1. The van der Waals surface area contributed by atoms with Gasteiger partial charge >= 0.3 is 5.69 Å². The number of rotatable bonds is 4. The van der Waals surface area contributed by atoms with Crippen LogP contribution in [-0.2, 0) is 10.2 Å². The quantitative estimate of drug-likeness (QED) is 0.840. The molecule has 23 heavy (non-hydrogen) atoms. The number of aromatic nitrogens is 3. The van der Waals surface area contributed by atoms with E-state index in [9.17, 15) is 9.59 Å². The number of carbonyl (C=O) groups excluding carboxylic acids is 1. The zero-order chi connectivity index (χ0) is 17.0. The molecule has 0 radical (unpaired) electrons. The number of amides is 1. The van der Waals surface area contributed by atoms with Crippen molar-refractivity contribution in [3.8, 4) is 0 Å². The van der Waals surface area contributed by atoms with E-state index in [0.29, 0.717) is 10.7 Å². The van der Waals surface area contributed by atoms with Gasteiger partial charge in [-0.1, -0.05) is 44.7 Å². The highest BCUT2D eigenvalue weighted by molar-refractivity contribution is 8.00. The monoisotopic (exact) mass is 332 g/mol. The van der Waals surface area contributed by atoms with E-state index in [4.69, 9.17) is 0 Å². The first-order valence-electron chi connectivity index (χ1n) is 7.22. The van der Waals surface area contributed by atoms with Gasteiger partial charge in [-0.3, -0.25) is 4.79 Å². The topological polar surface area (TPSA) is 87.7 Å². The molecule has 2 N–H and O–H groups in total. The summed E-state index contributed by atoms with van der Waals surface area (Å²) >= 11 is 1.19. The number of benzene rings is 1. The lowest BCUT2D eigenvalue weighted by Gasteiger charge is -2.19. The minimum absolute atomic E-state index is 0.0783.